The number of aliphatic hydroxyl groups is 1. The van der Waals surface area contributed by atoms with Gasteiger partial charge in [0.15, 0.2) is 22.8 Å². The number of benzene rings is 1. The van der Waals surface area contributed by atoms with Gasteiger partial charge in [-0.2, -0.15) is 0 Å². The third kappa shape index (κ3) is 3.70. The Bertz CT molecular complexity index is 1060. The summed E-state index contributed by atoms with van der Waals surface area (Å²) in [6, 6.07) is 7.60. The lowest BCUT2D eigenvalue weighted by atomic mass is 10.2. The summed E-state index contributed by atoms with van der Waals surface area (Å²) in [6.45, 7) is 2.63. The first-order chi connectivity index (χ1) is 13.0. The van der Waals surface area contributed by atoms with E-state index >= 15 is 0 Å². The van der Waals surface area contributed by atoms with E-state index in [1.807, 2.05) is 35.8 Å². The molecule has 0 fully saturated rings. The molecule has 1 aromatic carbocycles. The van der Waals surface area contributed by atoms with Crippen LogP contribution in [-0.2, 0) is 26.6 Å². The van der Waals surface area contributed by atoms with Gasteiger partial charge in [-0.25, -0.2) is 9.78 Å². The number of aliphatic hydroxyl groups excluding tert-OH is 1. The van der Waals surface area contributed by atoms with Crippen LogP contribution in [-0.4, -0.2) is 30.4 Å². The minimum atomic E-state index is -0.413. The first-order valence-electron chi connectivity index (χ1n) is 9.03. The second-order valence-corrected chi connectivity index (χ2v) is 7.03. The number of halogens is 1. The van der Waals surface area contributed by atoms with Crippen molar-refractivity contribution in [3.8, 4) is 0 Å². The Balaban J connectivity index is 2.24. The molecule has 144 valence electrons. The van der Waals surface area contributed by atoms with Crippen molar-refractivity contribution in [3.63, 3.8) is 0 Å². The van der Waals surface area contributed by atoms with Gasteiger partial charge >= 0.3 is 5.69 Å². The van der Waals surface area contributed by atoms with Gasteiger partial charge in [-0.3, -0.25) is 13.9 Å². The predicted molar refractivity (Wildman–Crippen MR) is 101 cm³/mol. The van der Waals surface area contributed by atoms with Crippen LogP contribution in [0.4, 0.5) is 0 Å². The van der Waals surface area contributed by atoms with Gasteiger partial charge < -0.3 is 9.67 Å². The quantitative estimate of drug-likeness (QED) is 0.650. The predicted octanol–water partition coefficient (Wildman–Crippen LogP) is 0.976. The number of hydrogen-bond donors (Lipinski definition) is 1. The number of hydrogen-bond acceptors (Lipinski definition) is 4. The highest BCUT2D eigenvalue weighted by Crippen LogP contribution is 2.16. The molecule has 3 rings (SSSR count). The van der Waals surface area contributed by atoms with Crippen molar-refractivity contribution >= 4 is 11.2 Å². The third-order valence-corrected chi connectivity index (χ3v) is 4.86. The number of imidazole rings is 1. The first kappa shape index (κ1) is 19.4. The summed E-state index contributed by atoms with van der Waals surface area (Å²) in [5, 5.41) is 9.85. The fourth-order valence-corrected chi connectivity index (χ4v) is 3.34. The summed E-state index contributed by atoms with van der Waals surface area (Å²) < 4.78 is 4.49. The Kier molecular flexibility index (Phi) is 5.82. The van der Waals surface area contributed by atoms with Gasteiger partial charge in [0.2, 0.25) is 5.02 Å². The zero-order valence-corrected chi connectivity index (χ0v) is 16.3. The number of rotatable bonds is 7. The van der Waals surface area contributed by atoms with E-state index < -0.39 is 5.69 Å². The molecule has 0 radical (unpaired) electrons. The molecular formula is C19H24ClN4O3+. The van der Waals surface area contributed by atoms with Gasteiger partial charge in [-0.1, -0.05) is 19.1 Å². The molecule has 3 aromatic rings. The molecular weight excluding hydrogens is 368 g/mol. The monoisotopic (exact) mass is 391 g/mol. The average Bonchev–Trinajstić information content (AvgIpc) is 3.00. The van der Waals surface area contributed by atoms with Crippen LogP contribution >= 0.6 is 0 Å². The molecule has 27 heavy (non-hydrogen) atoms. The van der Waals surface area contributed by atoms with Crippen molar-refractivity contribution in [2.45, 2.75) is 39.3 Å². The lowest BCUT2D eigenvalue weighted by Crippen LogP contribution is -2.40. The van der Waals surface area contributed by atoms with Gasteiger partial charge in [0, 0.05) is 45.3 Å². The smallest absolute Gasteiger partial charge is 0.332 e. The maximum Gasteiger partial charge on any atom is 0.332 e. The Labute approximate surface area is 161 Å². The molecule has 7 nitrogen and oxygen atoms in total. The summed E-state index contributed by atoms with van der Waals surface area (Å²) in [5.74, 6) is 0.780. The van der Waals surface area contributed by atoms with E-state index in [9.17, 15) is 9.59 Å². The van der Waals surface area contributed by atoms with E-state index in [0.717, 1.165) is 22.8 Å². The lowest BCUT2D eigenvalue weighted by Gasteiger charge is -2.11. The molecule has 0 aliphatic carbocycles. The highest BCUT2D eigenvalue weighted by Gasteiger charge is 2.20. The van der Waals surface area contributed by atoms with Crippen molar-refractivity contribution in [1.29, 1.82) is 0 Å². The number of nitrogens with zero attached hydrogens (tertiary/aromatic N) is 4. The molecule has 0 aliphatic heterocycles. The summed E-state index contributed by atoms with van der Waals surface area (Å²) in [6.07, 6.45) is 1.93. The van der Waals surface area contributed by atoms with Crippen molar-refractivity contribution in [1.82, 2.24) is 18.7 Å². The van der Waals surface area contributed by atoms with Crippen LogP contribution in [0.1, 0.15) is 31.2 Å². The molecule has 0 aliphatic rings. The molecule has 0 unspecified atom stereocenters. The Morgan fingerprint density at radius 2 is 1.85 bits per heavy atom. The molecule has 8 heteroatoms. The van der Waals surface area contributed by atoms with Crippen LogP contribution < -0.4 is 11.2 Å². The molecule has 0 saturated carbocycles. The van der Waals surface area contributed by atoms with Gasteiger partial charge in [0.1, 0.15) is 5.82 Å². The number of fused-ring (bicyclic) bond motifs is 1. The van der Waals surface area contributed by atoms with Crippen molar-refractivity contribution in [2.24, 2.45) is 7.05 Å². The van der Waals surface area contributed by atoms with Crippen LogP contribution in [0.25, 0.3) is 11.2 Å². The first-order valence-corrected chi connectivity index (χ1v) is 9.44. The minimum absolute atomic E-state index is 0.0819. The van der Waals surface area contributed by atoms with Crippen molar-refractivity contribution < 1.29 is 16.7 Å². The topological polar surface area (TPSA) is 82.1 Å². The Hall–Kier alpha value is -2.38. The van der Waals surface area contributed by atoms with Crippen LogP contribution in [0, 0.1) is 11.6 Å². The molecule has 2 heterocycles. The van der Waals surface area contributed by atoms with E-state index in [4.69, 9.17) is 16.7 Å². The van der Waals surface area contributed by atoms with Crippen LogP contribution in [0.5, 0.6) is 0 Å². The zero-order valence-electron chi connectivity index (χ0n) is 15.5. The largest absolute Gasteiger partial charge is 0.396 e. The van der Waals surface area contributed by atoms with E-state index in [1.54, 1.807) is 7.05 Å². The summed E-state index contributed by atoms with van der Waals surface area (Å²) in [5.41, 5.74) is 1.05. The maximum atomic E-state index is 13.1. The van der Waals surface area contributed by atoms with E-state index in [0.29, 0.717) is 30.6 Å². The molecule has 0 spiro atoms. The van der Waals surface area contributed by atoms with Crippen LogP contribution in [0.2, 0.25) is 5.02 Å². The van der Waals surface area contributed by atoms with Crippen molar-refractivity contribution in [2.75, 3.05) is 6.61 Å². The van der Waals surface area contributed by atoms with Gasteiger partial charge in [0.05, 0.1) is 0 Å². The van der Waals surface area contributed by atoms with Crippen LogP contribution in [0.3, 0.4) is 0 Å². The highest BCUT2D eigenvalue weighted by molar-refractivity contribution is 5.71. The molecule has 0 bridgehead atoms. The van der Waals surface area contributed by atoms with Crippen molar-refractivity contribution in [3.05, 3.63) is 61.5 Å². The lowest BCUT2D eigenvalue weighted by molar-refractivity contribution is -0.288. The Morgan fingerprint density at radius 3 is 2.48 bits per heavy atom. The molecule has 0 amide bonds. The summed E-state index contributed by atoms with van der Waals surface area (Å²) in [4.78, 5) is 30.2. The van der Waals surface area contributed by atoms with Crippen LogP contribution in [0.15, 0.2) is 33.9 Å². The standard InChI is InChI=1S/C19H24ClN4O3/c1-3-5-15-21-17-16(24(15)12-13-6-8-14(20)9-7-13)18(26)23(10-4-11-25)19(27)22(17)2/h6-9,20,25H,3-5,10-12H2,1-2H3/q+1. The highest BCUT2D eigenvalue weighted by atomic mass is 35.5. The van der Waals surface area contributed by atoms with E-state index in [2.05, 4.69) is 4.98 Å². The molecule has 0 saturated heterocycles. The third-order valence-electron chi connectivity index (χ3n) is 4.59. The zero-order chi connectivity index (χ0) is 19.6. The van der Waals surface area contributed by atoms with E-state index in [1.165, 1.54) is 9.13 Å². The van der Waals surface area contributed by atoms with E-state index in [-0.39, 0.29) is 18.7 Å². The average molecular weight is 392 g/mol. The summed E-state index contributed by atoms with van der Waals surface area (Å²) >= 11 is 5.14. The molecule has 2 aromatic heterocycles. The fraction of sp³-hybridized carbons (Fsp3) is 0.421. The fourth-order valence-electron chi connectivity index (χ4n) is 3.20. The Morgan fingerprint density at radius 1 is 1.15 bits per heavy atom. The van der Waals surface area contributed by atoms with Gasteiger partial charge in [0.25, 0.3) is 5.56 Å². The number of aryl methyl sites for hydroxylation is 2. The number of aromatic nitrogens is 4. The second-order valence-electron chi connectivity index (χ2n) is 6.56. The summed E-state index contributed by atoms with van der Waals surface area (Å²) in [7, 11) is 1.62. The van der Waals surface area contributed by atoms with Gasteiger partial charge in [-0.15, -0.1) is 0 Å². The molecule has 1 N–H and O–H groups in total. The SMILES string of the molecule is CCCc1nc2c(c(=O)n(CCCO)c(=O)n2C)n1Cc1ccc([ClH+])cc1. The molecule has 0 atom stereocenters. The minimum Gasteiger partial charge on any atom is -0.396 e. The normalized spacial score (nSPS) is 11.4. The second kappa shape index (κ2) is 8.10. The maximum absolute atomic E-state index is 13.1. The van der Waals surface area contributed by atoms with Gasteiger partial charge in [-0.05, 0) is 18.4 Å².